The van der Waals surface area contributed by atoms with Gasteiger partial charge >= 0.3 is 0 Å². The second kappa shape index (κ2) is 11.0. The highest BCUT2D eigenvalue weighted by atomic mass is 127. The molecule has 1 aliphatic rings. The monoisotopic (exact) mass is 574 g/mol. The van der Waals surface area contributed by atoms with Crippen molar-refractivity contribution in [1.29, 1.82) is 0 Å². The van der Waals surface area contributed by atoms with Crippen molar-refractivity contribution in [1.82, 2.24) is 20.2 Å². The van der Waals surface area contributed by atoms with Crippen LogP contribution in [0.3, 0.4) is 0 Å². The highest BCUT2D eigenvalue weighted by Gasteiger charge is 2.25. The fraction of sp³-hybridized carbons (Fsp3) is 0.280. The minimum absolute atomic E-state index is 0.0398. The Bertz CT molecular complexity index is 1260. The van der Waals surface area contributed by atoms with Crippen LogP contribution in [-0.4, -0.2) is 59.3 Å². The molecular formula is C25H24FIN4O3. The van der Waals surface area contributed by atoms with Gasteiger partial charge in [0.1, 0.15) is 6.61 Å². The number of nitrogens with zero attached hydrogens (tertiary/aromatic N) is 3. The van der Waals surface area contributed by atoms with Crippen LogP contribution in [0.2, 0.25) is 0 Å². The van der Waals surface area contributed by atoms with Crippen LogP contribution in [0.4, 0.5) is 4.39 Å². The number of rotatable bonds is 9. The SMILES string of the molecule is CCN(CCNC(=O)C1=CCC(=O)c2cc3cc(I)ccc3nc21)CCOc1cccnc1F. The number of carbonyl (C=O) groups is 2. The largest absolute Gasteiger partial charge is 0.487 e. The number of hydrogen-bond acceptors (Lipinski definition) is 6. The quantitative estimate of drug-likeness (QED) is 0.309. The van der Waals surface area contributed by atoms with Gasteiger partial charge in [-0.3, -0.25) is 14.5 Å². The summed E-state index contributed by atoms with van der Waals surface area (Å²) in [5, 5.41) is 3.82. The molecule has 1 amide bonds. The lowest BCUT2D eigenvalue weighted by atomic mass is 9.92. The molecule has 0 saturated carbocycles. The van der Waals surface area contributed by atoms with E-state index in [9.17, 15) is 14.0 Å². The Hall–Kier alpha value is -2.92. The lowest BCUT2D eigenvalue weighted by molar-refractivity contribution is -0.115. The number of Topliss-reactive ketones (excluding diaryl/α,β-unsaturated/α-hetero) is 1. The van der Waals surface area contributed by atoms with Crippen molar-refractivity contribution in [2.45, 2.75) is 13.3 Å². The number of hydrogen-bond donors (Lipinski definition) is 1. The molecule has 0 atom stereocenters. The predicted molar refractivity (Wildman–Crippen MR) is 136 cm³/mol. The Kier molecular flexibility index (Phi) is 7.84. The van der Waals surface area contributed by atoms with Crippen LogP contribution >= 0.6 is 22.6 Å². The van der Waals surface area contributed by atoms with E-state index in [1.807, 2.05) is 31.2 Å². The lowest BCUT2D eigenvalue weighted by Gasteiger charge is -2.21. The van der Waals surface area contributed by atoms with Gasteiger partial charge in [0.25, 0.3) is 11.9 Å². The van der Waals surface area contributed by atoms with Gasteiger partial charge in [0.15, 0.2) is 11.5 Å². The Morgan fingerprint density at radius 2 is 2.12 bits per heavy atom. The summed E-state index contributed by atoms with van der Waals surface area (Å²) < 4.78 is 20.1. The van der Waals surface area contributed by atoms with Crippen molar-refractivity contribution in [3.63, 3.8) is 0 Å². The van der Waals surface area contributed by atoms with E-state index in [-0.39, 0.29) is 23.9 Å². The van der Waals surface area contributed by atoms with E-state index in [0.29, 0.717) is 43.1 Å². The summed E-state index contributed by atoms with van der Waals surface area (Å²) in [5.74, 6) is -0.801. The van der Waals surface area contributed by atoms with Crippen molar-refractivity contribution >= 4 is 50.8 Å². The lowest BCUT2D eigenvalue weighted by Crippen LogP contribution is -2.37. The number of nitrogens with one attached hydrogen (secondary N) is 1. The fourth-order valence-electron chi connectivity index (χ4n) is 3.78. The van der Waals surface area contributed by atoms with Gasteiger partial charge in [-0.05, 0) is 65.5 Å². The van der Waals surface area contributed by atoms with Gasteiger partial charge in [-0.2, -0.15) is 4.39 Å². The average molecular weight is 574 g/mol. The van der Waals surface area contributed by atoms with Gasteiger partial charge < -0.3 is 10.1 Å². The molecule has 7 nitrogen and oxygen atoms in total. The third-order valence-corrected chi connectivity index (χ3v) is 6.29. The van der Waals surface area contributed by atoms with Crippen LogP contribution in [0.15, 0.2) is 48.7 Å². The van der Waals surface area contributed by atoms with E-state index < -0.39 is 5.95 Å². The molecule has 1 aliphatic carbocycles. The molecule has 0 spiro atoms. The van der Waals surface area contributed by atoms with Crippen molar-refractivity contribution in [2.75, 3.05) is 32.8 Å². The molecule has 0 bridgehead atoms. The highest BCUT2D eigenvalue weighted by Crippen LogP contribution is 2.29. The van der Waals surface area contributed by atoms with E-state index in [2.05, 4.69) is 42.8 Å². The van der Waals surface area contributed by atoms with Crippen LogP contribution in [0.25, 0.3) is 16.5 Å². The molecule has 3 aromatic rings. The van der Waals surface area contributed by atoms with Gasteiger partial charge in [-0.1, -0.05) is 13.0 Å². The molecule has 2 aromatic heterocycles. The van der Waals surface area contributed by atoms with Gasteiger partial charge in [-0.15, -0.1) is 0 Å². The summed E-state index contributed by atoms with van der Waals surface area (Å²) in [5.41, 5.74) is 2.09. The molecule has 176 valence electrons. The summed E-state index contributed by atoms with van der Waals surface area (Å²) in [6.07, 6.45) is 3.20. The van der Waals surface area contributed by atoms with E-state index in [1.54, 1.807) is 12.1 Å². The Morgan fingerprint density at radius 3 is 2.91 bits per heavy atom. The van der Waals surface area contributed by atoms with Gasteiger partial charge in [0.05, 0.1) is 16.8 Å². The number of benzene rings is 1. The van der Waals surface area contributed by atoms with E-state index in [1.165, 1.54) is 12.3 Å². The van der Waals surface area contributed by atoms with E-state index in [0.717, 1.165) is 21.0 Å². The van der Waals surface area contributed by atoms with Crippen molar-refractivity contribution < 1.29 is 18.7 Å². The third-order valence-electron chi connectivity index (χ3n) is 5.62. The molecule has 0 saturated heterocycles. The zero-order valence-corrected chi connectivity index (χ0v) is 20.8. The summed E-state index contributed by atoms with van der Waals surface area (Å²) in [6, 6.07) is 10.8. The summed E-state index contributed by atoms with van der Waals surface area (Å²) in [4.78, 5) is 35.7. The molecular weight excluding hydrogens is 550 g/mol. The molecule has 1 N–H and O–H groups in total. The summed E-state index contributed by atoms with van der Waals surface area (Å²) >= 11 is 2.22. The number of halogens is 2. The second-order valence-electron chi connectivity index (χ2n) is 7.80. The topological polar surface area (TPSA) is 84.4 Å². The fourth-order valence-corrected chi connectivity index (χ4v) is 4.30. The zero-order chi connectivity index (χ0) is 24.1. The first-order valence-electron chi connectivity index (χ1n) is 11.0. The first-order valence-corrected chi connectivity index (χ1v) is 12.1. The Morgan fingerprint density at radius 1 is 1.26 bits per heavy atom. The van der Waals surface area contributed by atoms with Gasteiger partial charge in [-0.25, -0.2) is 9.97 Å². The van der Waals surface area contributed by atoms with Crippen molar-refractivity contribution in [3.8, 4) is 5.75 Å². The summed E-state index contributed by atoms with van der Waals surface area (Å²) in [7, 11) is 0. The van der Waals surface area contributed by atoms with E-state index in [4.69, 9.17) is 4.74 Å². The minimum Gasteiger partial charge on any atom is -0.487 e. The molecule has 34 heavy (non-hydrogen) atoms. The maximum absolute atomic E-state index is 13.6. The van der Waals surface area contributed by atoms with Crippen molar-refractivity contribution in [3.05, 3.63) is 69.4 Å². The maximum Gasteiger partial charge on any atom is 0.255 e. The average Bonchev–Trinajstić information content (AvgIpc) is 2.83. The van der Waals surface area contributed by atoms with Crippen LogP contribution in [0.1, 0.15) is 29.4 Å². The normalized spacial score (nSPS) is 13.1. The number of aromatic nitrogens is 2. The molecule has 0 unspecified atom stereocenters. The Labute approximate surface area is 210 Å². The van der Waals surface area contributed by atoms with E-state index >= 15 is 0 Å². The number of amides is 1. The minimum atomic E-state index is -0.631. The first-order chi connectivity index (χ1) is 16.5. The summed E-state index contributed by atoms with van der Waals surface area (Å²) in [6.45, 7) is 4.66. The highest BCUT2D eigenvalue weighted by molar-refractivity contribution is 14.1. The number of ketones is 1. The molecule has 0 radical (unpaired) electrons. The molecule has 9 heteroatoms. The molecule has 0 aliphatic heterocycles. The number of likely N-dealkylation sites (N-methyl/N-ethyl adjacent to an activating group) is 1. The van der Waals surface area contributed by atoms with Crippen LogP contribution in [0, 0.1) is 9.52 Å². The van der Waals surface area contributed by atoms with Gasteiger partial charge in [0, 0.05) is 46.8 Å². The molecule has 2 heterocycles. The number of pyridine rings is 2. The number of fused-ring (bicyclic) bond motifs is 2. The Balaban J connectivity index is 1.35. The maximum atomic E-state index is 13.6. The number of allylic oxidation sites excluding steroid dienone is 1. The van der Waals surface area contributed by atoms with Crippen LogP contribution < -0.4 is 10.1 Å². The zero-order valence-electron chi connectivity index (χ0n) is 18.7. The predicted octanol–water partition coefficient (Wildman–Crippen LogP) is 3.86. The first kappa shape index (κ1) is 24.2. The molecule has 1 aromatic carbocycles. The van der Waals surface area contributed by atoms with Gasteiger partial charge in [0.2, 0.25) is 0 Å². The van der Waals surface area contributed by atoms with Crippen LogP contribution in [-0.2, 0) is 4.79 Å². The molecule has 4 rings (SSSR count). The number of carbonyl (C=O) groups excluding carboxylic acids is 2. The number of ether oxygens (including phenoxy) is 1. The molecule has 0 fully saturated rings. The van der Waals surface area contributed by atoms with Crippen LogP contribution in [0.5, 0.6) is 5.75 Å². The second-order valence-corrected chi connectivity index (χ2v) is 9.04. The standard InChI is InChI=1S/C25H24FIN4O3/c1-2-31(12-13-34-22-4-3-9-28-24(22)26)11-10-29-25(33)18-6-8-21(32)19-15-16-14-17(27)5-7-20(16)30-23(18)19/h3-7,9,14-15H,2,8,10-13H2,1H3,(H,29,33). The smallest absolute Gasteiger partial charge is 0.255 e. The third kappa shape index (κ3) is 5.58. The van der Waals surface area contributed by atoms with Crippen molar-refractivity contribution in [2.24, 2.45) is 0 Å².